The minimum atomic E-state index is -0.202. The maximum Gasteiger partial charge on any atom is 0.319 e. The largest absolute Gasteiger partial charge is 0.461 e. The molecule has 0 aliphatic carbocycles. The highest BCUT2D eigenvalue weighted by atomic mass is 19.1. The molecule has 2 atom stereocenters. The molecule has 0 bridgehead atoms. The molecule has 7 rings (SSSR count). The van der Waals surface area contributed by atoms with Crippen molar-refractivity contribution in [1.29, 1.82) is 0 Å². The summed E-state index contributed by atoms with van der Waals surface area (Å²) in [6.07, 6.45) is 7.83. The molecule has 3 aliphatic rings. The van der Waals surface area contributed by atoms with Crippen molar-refractivity contribution in [3.63, 3.8) is 0 Å². The van der Waals surface area contributed by atoms with E-state index in [1.165, 1.54) is 0 Å². The molecular formula is C38H46FN5O3. The van der Waals surface area contributed by atoms with E-state index in [1.54, 1.807) is 13.2 Å². The summed E-state index contributed by atoms with van der Waals surface area (Å²) in [6, 6.07) is 8.42. The van der Waals surface area contributed by atoms with Crippen LogP contribution in [-0.4, -0.2) is 84.6 Å². The van der Waals surface area contributed by atoms with Crippen molar-refractivity contribution in [1.82, 2.24) is 19.9 Å². The van der Waals surface area contributed by atoms with E-state index in [1.807, 2.05) is 26.1 Å². The SMILES string of the molecule is C=C(C)c1cc(-c2ncc3c(N4CCCOCC4)nc(OC[C@@]45CCCN4[C@H](COC)CC5)nc3c2C)c2c(CC)c(F)ccc2c1. The summed E-state index contributed by atoms with van der Waals surface area (Å²) < 4.78 is 33.2. The van der Waals surface area contributed by atoms with E-state index in [-0.39, 0.29) is 11.4 Å². The van der Waals surface area contributed by atoms with Crippen LogP contribution in [0.15, 0.2) is 37.0 Å². The van der Waals surface area contributed by atoms with Crippen LogP contribution >= 0.6 is 0 Å². The van der Waals surface area contributed by atoms with Crippen molar-refractivity contribution in [3.05, 3.63) is 59.5 Å². The smallest absolute Gasteiger partial charge is 0.319 e. The molecule has 0 amide bonds. The molecule has 0 radical (unpaired) electrons. The van der Waals surface area contributed by atoms with Crippen molar-refractivity contribution in [2.45, 2.75) is 70.9 Å². The number of hydrogen-bond donors (Lipinski definition) is 0. The second-order valence-corrected chi connectivity index (χ2v) is 13.5. The Kier molecular flexibility index (Phi) is 8.89. The van der Waals surface area contributed by atoms with Gasteiger partial charge in [0, 0.05) is 50.2 Å². The summed E-state index contributed by atoms with van der Waals surface area (Å²) in [6.45, 7) is 15.5. The van der Waals surface area contributed by atoms with Gasteiger partial charge < -0.3 is 19.1 Å². The third kappa shape index (κ3) is 5.76. The third-order valence-electron chi connectivity index (χ3n) is 10.6. The number of benzene rings is 2. The minimum Gasteiger partial charge on any atom is -0.461 e. The van der Waals surface area contributed by atoms with Gasteiger partial charge in [0.25, 0.3) is 0 Å². The molecule has 8 nitrogen and oxygen atoms in total. The van der Waals surface area contributed by atoms with Crippen molar-refractivity contribution in [3.8, 4) is 17.3 Å². The second-order valence-electron chi connectivity index (χ2n) is 13.5. The van der Waals surface area contributed by atoms with E-state index in [2.05, 4.69) is 35.4 Å². The monoisotopic (exact) mass is 639 g/mol. The fourth-order valence-electron chi connectivity index (χ4n) is 8.19. The van der Waals surface area contributed by atoms with Crippen LogP contribution in [0.25, 0.3) is 38.5 Å². The van der Waals surface area contributed by atoms with Crippen molar-refractivity contribution in [2.24, 2.45) is 0 Å². The molecule has 2 aromatic carbocycles. The third-order valence-corrected chi connectivity index (χ3v) is 10.6. The molecule has 248 valence electrons. The van der Waals surface area contributed by atoms with Crippen LogP contribution in [-0.2, 0) is 15.9 Å². The number of anilines is 1. The van der Waals surface area contributed by atoms with Gasteiger partial charge in [-0.25, -0.2) is 4.39 Å². The van der Waals surface area contributed by atoms with Gasteiger partial charge in [0.2, 0.25) is 0 Å². The normalized spacial score (nSPS) is 21.8. The fraction of sp³-hybridized carbons (Fsp3) is 0.500. The number of ether oxygens (including phenoxy) is 3. The summed E-state index contributed by atoms with van der Waals surface area (Å²) >= 11 is 0. The second kappa shape index (κ2) is 13.1. The van der Waals surface area contributed by atoms with E-state index in [0.29, 0.717) is 37.3 Å². The number of hydrogen-bond acceptors (Lipinski definition) is 8. The number of aryl methyl sites for hydroxylation is 2. The van der Waals surface area contributed by atoms with E-state index < -0.39 is 0 Å². The van der Waals surface area contributed by atoms with Crippen LogP contribution in [0.2, 0.25) is 0 Å². The Hall–Kier alpha value is -3.66. The average molecular weight is 640 g/mol. The summed E-state index contributed by atoms with van der Waals surface area (Å²) in [5.74, 6) is 0.620. The van der Waals surface area contributed by atoms with Gasteiger partial charge in [-0.3, -0.25) is 9.88 Å². The molecule has 0 spiro atoms. The van der Waals surface area contributed by atoms with Crippen molar-refractivity contribution < 1.29 is 18.6 Å². The van der Waals surface area contributed by atoms with Gasteiger partial charge >= 0.3 is 6.01 Å². The number of fused-ring (bicyclic) bond motifs is 3. The maximum absolute atomic E-state index is 15.2. The van der Waals surface area contributed by atoms with Gasteiger partial charge in [-0.15, -0.1) is 0 Å². The van der Waals surface area contributed by atoms with Crippen LogP contribution in [0.5, 0.6) is 6.01 Å². The summed E-state index contributed by atoms with van der Waals surface area (Å²) in [5.41, 5.74) is 5.99. The number of nitrogens with zero attached hydrogens (tertiary/aromatic N) is 5. The van der Waals surface area contributed by atoms with Crippen LogP contribution < -0.4 is 9.64 Å². The lowest BCUT2D eigenvalue weighted by molar-refractivity contribution is 0.0521. The summed E-state index contributed by atoms with van der Waals surface area (Å²) in [4.78, 5) is 20.1. The first-order valence-electron chi connectivity index (χ1n) is 17.1. The standard InChI is InChI=1S/C38H46FN5O3/c1-6-29-32(39)10-9-26-19-27(24(2)3)20-30(33(26)29)34-25(4)35-31(21-40-34)36(43-14-8-17-46-18-16-43)42-37(41-35)47-23-38-12-7-15-44(38)28(11-13-38)22-45-5/h9-10,19-21,28H,2,6-8,11-18,22-23H2,1,3-5H3/t28-,38-/m0/s1. The number of halogens is 1. The Morgan fingerprint density at radius 2 is 2.00 bits per heavy atom. The predicted molar refractivity (Wildman–Crippen MR) is 186 cm³/mol. The highest BCUT2D eigenvalue weighted by molar-refractivity contribution is 6.03. The molecule has 9 heteroatoms. The van der Waals surface area contributed by atoms with Gasteiger partial charge in [-0.2, -0.15) is 9.97 Å². The molecule has 0 saturated carbocycles. The Labute approximate surface area is 276 Å². The lowest BCUT2D eigenvalue weighted by Crippen LogP contribution is -2.47. The highest BCUT2D eigenvalue weighted by Gasteiger charge is 2.49. The number of rotatable bonds is 9. The van der Waals surface area contributed by atoms with Gasteiger partial charge in [0.15, 0.2) is 0 Å². The van der Waals surface area contributed by atoms with Crippen LogP contribution in [0, 0.1) is 12.7 Å². The molecule has 5 heterocycles. The zero-order chi connectivity index (χ0) is 32.7. The quantitative estimate of drug-likeness (QED) is 0.192. The first-order chi connectivity index (χ1) is 22.8. The zero-order valence-electron chi connectivity index (χ0n) is 28.2. The molecule has 47 heavy (non-hydrogen) atoms. The molecular weight excluding hydrogens is 593 g/mol. The Morgan fingerprint density at radius 1 is 1.13 bits per heavy atom. The number of aromatic nitrogens is 3. The molecule has 3 aliphatic heterocycles. The lowest BCUT2D eigenvalue weighted by Gasteiger charge is -2.34. The van der Waals surface area contributed by atoms with E-state index >= 15 is 4.39 Å². The summed E-state index contributed by atoms with van der Waals surface area (Å²) in [7, 11) is 1.79. The average Bonchev–Trinajstić information content (AvgIpc) is 3.51. The summed E-state index contributed by atoms with van der Waals surface area (Å²) in [5, 5.41) is 2.74. The number of pyridine rings is 1. The molecule has 4 aromatic rings. The molecule has 3 fully saturated rings. The topological polar surface area (TPSA) is 72.8 Å². The van der Waals surface area contributed by atoms with Crippen molar-refractivity contribution >= 4 is 33.1 Å². The maximum atomic E-state index is 15.2. The number of methoxy groups -OCH3 is 1. The van der Waals surface area contributed by atoms with Gasteiger partial charge in [-0.1, -0.05) is 25.1 Å². The van der Waals surface area contributed by atoms with Crippen LogP contribution in [0.4, 0.5) is 10.2 Å². The molecule has 0 unspecified atom stereocenters. The Bertz CT molecular complexity index is 1820. The minimum absolute atomic E-state index is 0.0148. The molecule has 0 N–H and O–H groups in total. The lowest BCUT2D eigenvalue weighted by atomic mass is 9.90. The van der Waals surface area contributed by atoms with Crippen molar-refractivity contribution in [2.75, 3.05) is 58.1 Å². The molecule has 2 aromatic heterocycles. The van der Waals surface area contributed by atoms with Gasteiger partial charge in [-0.05, 0) is 99.0 Å². The molecule has 3 saturated heterocycles. The highest BCUT2D eigenvalue weighted by Crippen LogP contribution is 2.43. The van der Waals surface area contributed by atoms with E-state index in [4.69, 9.17) is 29.2 Å². The predicted octanol–water partition coefficient (Wildman–Crippen LogP) is 7.14. The van der Waals surface area contributed by atoms with Gasteiger partial charge in [0.1, 0.15) is 18.2 Å². The van der Waals surface area contributed by atoms with E-state index in [9.17, 15) is 0 Å². The first-order valence-corrected chi connectivity index (χ1v) is 17.1. The Morgan fingerprint density at radius 3 is 2.81 bits per heavy atom. The van der Waals surface area contributed by atoms with E-state index in [0.717, 1.165) is 120 Å². The Balaban J connectivity index is 1.37. The van der Waals surface area contributed by atoms with Gasteiger partial charge in [0.05, 0.1) is 35.3 Å². The van der Waals surface area contributed by atoms with Crippen LogP contribution in [0.3, 0.4) is 0 Å². The number of allylic oxidation sites excluding steroid dienone is 1. The fourth-order valence-corrected chi connectivity index (χ4v) is 8.19. The zero-order valence-corrected chi connectivity index (χ0v) is 28.2. The van der Waals surface area contributed by atoms with Crippen LogP contribution in [0.1, 0.15) is 62.6 Å². The first kappa shape index (κ1) is 31.9.